The molecule has 0 aliphatic carbocycles. The molecule has 0 aromatic carbocycles. The van der Waals surface area contributed by atoms with Crippen LogP contribution in [0.4, 0.5) is 0 Å². The van der Waals surface area contributed by atoms with E-state index in [1.165, 1.54) is 0 Å². The van der Waals surface area contributed by atoms with Gasteiger partial charge in [-0.05, 0) is 26.0 Å². The van der Waals surface area contributed by atoms with Crippen LogP contribution in [0.1, 0.15) is 18.3 Å². The van der Waals surface area contributed by atoms with Gasteiger partial charge in [0.1, 0.15) is 11.4 Å². The highest BCUT2D eigenvalue weighted by Crippen LogP contribution is 2.22. The Morgan fingerprint density at radius 2 is 2.23 bits per heavy atom. The van der Waals surface area contributed by atoms with Crippen LogP contribution in [0.3, 0.4) is 0 Å². The van der Waals surface area contributed by atoms with Crippen LogP contribution in [0.15, 0.2) is 22.4 Å². The van der Waals surface area contributed by atoms with Gasteiger partial charge < -0.3 is 0 Å². The maximum atomic E-state index is 4.32. The van der Waals surface area contributed by atoms with Gasteiger partial charge in [-0.1, -0.05) is 0 Å². The van der Waals surface area contributed by atoms with E-state index in [0.29, 0.717) is 0 Å². The average Bonchev–Trinajstić information content (AvgIpc) is 2.61. The van der Waals surface area contributed by atoms with Gasteiger partial charge in [-0.2, -0.15) is 15.3 Å². The molecule has 4 nitrogen and oxygen atoms in total. The van der Waals surface area contributed by atoms with E-state index in [9.17, 15) is 0 Å². The van der Waals surface area contributed by atoms with Crippen molar-refractivity contribution in [3.63, 3.8) is 0 Å². The second kappa shape index (κ2) is 2.80. The number of hydrogen-bond donors (Lipinski definition) is 0. The summed E-state index contributed by atoms with van der Waals surface area (Å²) in [5.74, 6) is 0. The van der Waals surface area contributed by atoms with Gasteiger partial charge in [0.05, 0.1) is 6.04 Å². The standard InChI is InChI=1S/C9H12N4/c1-6-4-8(11-10-6)9-5-7(2)13(3)12-9/h4-6H,1-3H3/t6-/m1/s1. The van der Waals surface area contributed by atoms with Crippen LogP contribution >= 0.6 is 0 Å². The molecular weight excluding hydrogens is 164 g/mol. The lowest BCUT2D eigenvalue weighted by Gasteiger charge is -1.89. The minimum absolute atomic E-state index is 0.192. The number of azo groups is 1. The lowest BCUT2D eigenvalue weighted by atomic mass is 10.2. The SMILES string of the molecule is Cc1cc(C2=C[C@@H](C)N=N2)nn1C. The summed E-state index contributed by atoms with van der Waals surface area (Å²) in [6.45, 7) is 4.03. The molecule has 1 aromatic rings. The smallest absolute Gasteiger partial charge is 0.113 e. The summed E-state index contributed by atoms with van der Waals surface area (Å²) in [7, 11) is 1.93. The molecule has 0 fully saturated rings. The predicted octanol–water partition coefficient (Wildman–Crippen LogP) is 1.92. The third-order valence-electron chi connectivity index (χ3n) is 2.12. The minimum Gasteiger partial charge on any atom is -0.272 e. The Morgan fingerprint density at radius 3 is 2.69 bits per heavy atom. The molecule has 0 saturated heterocycles. The van der Waals surface area contributed by atoms with Gasteiger partial charge in [-0.25, -0.2) is 0 Å². The first-order chi connectivity index (χ1) is 6.16. The van der Waals surface area contributed by atoms with Crippen LogP contribution < -0.4 is 0 Å². The number of rotatable bonds is 1. The molecule has 1 atom stereocenters. The van der Waals surface area contributed by atoms with Crippen molar-refractivity contribution in [2.75, 3.05) is 0 Å². The van der Waals surface area contributed by atoms with Crippen LogP contribution in [0.2, 0.25) is 0 Å². The van der Waals surface area contributed by atoms with Crippen molar-refractivity contribution < 1.29 is 0 Å². The van der Waals surface area contributed by atoms with Crippen LogP contribution in [0, 0.1) is 6.92 Å². The molecule has 0 bridgehead atoms. The second-order valence-corrected chi connectivity index (χ2v) is 3.30. The van der Waals surface area contributed by atoms with Crippen molar-refractivity contribution >= 4 is 5.70 Å². The fourth-order valence-corrected chi connectivity index (χ4v) is 1.27. The van der Waals surface area contributed by atoms with E-state index in [4.69, 9.17) is 0 Å². The van der Waals surface area contributed by atoms with Gasteiger partial charge in [-0.3, -0.25) is 4.68 Å². The molecule has 1 aliphatic heterocycles. The molecule has 1 aromatic heterocycles. The lowest BCUT2D eigenvalue weighted by molar-refractivity contribution is 0.736. The normalized spacial score (nSPS) is 20.8. The molecule has 0 amide bonds. The van der Waals surface area contributed by atoms with E-state index in [-0.39, 0.29) is 6.04 Å². The van der Waals surface area contributed by atoms with Gasteiger partial charge in [-0.15, -0.1) is 0 Å². The van der Waals surface area contributed by atoms with Crippen LogP contribution in [0.5, 0.6) is 0 Å². The molecule has 68 valence electrons. The highest BCUT2D eigenvalue weighted by atomic mass is 15.3. The molecule has 1 aliphatic rings. The summed E-state index contributed by atoms with van der Waals surface area (Å²) in [6.07, 6.45) is 2.02. The van der Waals surface area contributed by atoms with Gasteiger partial charge in [0.25, 0.3) is 0 Å². The molecule has 0 spiro atoms. The maximum absolute atomic E-state index is 4.32. The van der Waals surface area contributed by atoms with Crippen molar-refractivity contribution in [3.8, 4) is 0 Å². The van der Waals surface area contributed by atoms with Crippen molar-refractivity contribution in [2.24, 2.45) is 17.3 Å². The quantitative estimate of drug-likeness (QED) is 0.644. The van der Waals surface area contributed by atoms with E-state index in [1.54, 1.807) is 0 Å². The molecule has 0 saturated carbocycles. The molecule has 0 radical (unpaired) electrons. The summed E-state index contributed by atoms with van der Waals surface area (Å²) in [5.41, 5.74) is 2.93. The van der Waals surface area contributed by atoms with Gasteiger partial charge >= 0.3 is 0 Å². The van der Waals surface area contributed by atoms with Crippen LogP contribution in [-0.2, 0) is 7.05 Å². The summed E-state index contributed by atoms with van der Waals surface area (Å²) in [5, 5.41) is 12.4. The number of hydrogen-bond acceptors (Lipinski definition) is 3. The largest absolute Gasteiger partial charge is 0.272 e. The van der Waals surface area contributed by atoms with E-state index < -0.39 is 0 Å². The van der Waals surface area contributed by atoms with Crippen molar-refractivity contribution in [2.45, 2.75) is 19.9 Å². The third kappa shape index (κ3) is 1.39. The van der Waals surface area contributed by atoms with E-state index in [1.807, 2.05) is 37.7 Å². The molecule has 0 N–H and O–H groups in total. The summed E-state index contributed by atoms with van der Waals surface area (Å²) in [6, 6.07) is 2.21. The first-order valence-electron chi connectivity index (χ1n) is 4.30. The topological polar surface area (TPSA) is 42.5 Å². The highest BCUT2D eigenvalue weighted by Gasteiger charge is 2.12. The number of aryl methyl sites for hydroxylation is 2. The molecule has 0 unspecified atom stereocenters. The molecule has 2 rings (SSSR count). The Balaban J connectivity index is 2.37. The van der Waals surface area contributed by atoms with Crippen molar-refractivity contribution in [1.29, 1.82) is 0 Å². The van der Waals surface area contributed by atoms with Gasteiger partial charge in [0, 0.05) is 12.7 Å². The third-order valence-corrected chi connectivity index (χ3v) is 2.12. The predicted molar refractivity (Wildman–Crippen MR) is 50.2 cm³/mol. The molecule has 2 heterocycles. The maximum Gasteiger partial charge on any atom is 0.113 e. The fraction of sp³-hybridized carbons (Fsp3) is 0.444. The summed E-state index contributed by atoms with van der Waals surface area (Å²) in [4.78, 5) is 0. The van der Waals surface area contributed by atoms with Crippen molar-refractivity contribution in [1.82, 2.24) is 9.78 Å². The number of aromatic nitrogens is 2. The fourth-order valence-electron chi connectivity index (χ4n) is 1.27. The molecular formula is C9H12N4. The van der Waals surface area contributed by atoms with Crippen molar-refractivity contribution in [3.05, 3.63) is 23.5 Å². The highest BCUT2D eigenvalue weighted by molar-refractivity contribution is 5.63. The Morgan fingerprint density at radius 1 is 1.46 bits per heavy atom. The van der Waals surface area contributed by atoms with Gasteiger partial charge in [0.2, 0.25) is 0 Å². The first kappa shape index (κ1) is 8.16. The molecule has 13 heavy (non-hydrogen) atoms. The zero-order chi connectivity index (χ0) is 9.42. The van der Waals surface area contributed by atoms with E-state index >= 15 is 0 Å². The Bertz CT molecular complexity index is 367. The Labute approximate surface area is 77.0 Å². The minimum atomic E-state index is 0.192. The average molecular weight is 176 g/mol. The zero-order valence-electron chi connectivity index (χ0n) is 8.02. The van der Waals surface area contributed by atoms with E-state index in [2.05, 4.69) is 15.3 Å². The second-order valence-electron chi connectivity index (χ2n) is 3.30. The van der Waals surface area contributed by atoms with Gasteiger partial charge in [0.15, 0.2) is 0 Å². The lowest BCUT2D eigenvalue weighted by Crippen LogP contribution is -1.93. The first-order valence-corrected chi connectivity index (χ1v) is 4.30. The van der Waals surface area contributed by atoms with Crippen LogP contribution in [-0.4, -0.2) is 15.8 Å². The Kier molecular flexibility index (Phi) is 1.76. The van der Waals surface area contributed by atoms with E-state index in [0.717, 1.165) is 17.1 Å². The monoisotopic (exact) mass is 176 g/mol. The summed E-state index contributed by atoms with van der Waals surface area (Å²) >= 11 is 0. The zero-order valence-corrected chi connectivity index (χ0v) is 8.02. The molecule has 4 heteroatoms. The number of nitrogens with zero attached hydrogens (tertiary/aromatic N) is 4. The van der Waals surface area contributed by atoms with Crippen LogP contribution in [0.25, 0.3) is 5.70 Å². The summed E-state index contributed by atoms with van der Waals surface area (Å²) < 4.78 is 1.84. The Hall–Kier alpha value is -1.45.